The standard InChI is InChI=1S/C27H20Br2N2O3S/c1-2-34-23-13-16(12-20(29)25(23)32)14-24-26(33)31-22(18-8-10-19(28)11-9-18)15-21(30-27(31)35-24)17-6-4-3-5-7-17/h3-15,22,32H,2H2,1H3. The van der Waals surface area contributed by atoms with Crippen molar-refractivity contribution in [3.05, 3.63) is 118 Å². The van der Waals surface area contributed by atoms with Gasteiger partial charge in [0.2, 0.25) is 0 Å². The third-order valence-electron chi connectivity index (χ3n) is 5.58. The second-order valence-corrected chi connectivity index (χ2v) is 10.7. The molecule has 0 spiro atoms. The van der Waals surface area contributed by atoms with Crippen molar-refractivity contribution in [3.8, 4) is 11.5 Å². The Morgan fingerprint density at radius 2 is 1.86 bits per heavy atom. The number of fused-ring (bicyclic) bond motifs is 1. The maximum absolute atomic E-state index is 13.6. The van der Waals surface area contributed by atoms with Gasteiger partial charge in [-0.15, -0.1) is 0 Å². The molecule has 0 bridgehead atoms. The van der Waals surface area contributed by atoms with Crippen LogP contribution in [0.4, 0.5) is 0 Å². The van der Waals surface area contributed by atoms with Crippen LogP contribution in [0.15, 0.2) is 91.5 Å². The van der Waals surface area contributed by atoms with Gasteiger partial charge in [0.25, 0.3) is 5.56 Å². The van der Waals surface area contributed by atoms with Crippen LogP contribution in [0.5, 0.6) is 11.5 Å². The van der Waals surface area contributed by atoms with Crippen molar-refractivity contribution in [1.82, 2.24) is 4.57 Å². The van der Waals surface area contributed by atoms with Crippen LogP contribution >= 0.6 is 43.2 Å². The smallest absolute Gasteiger partial charge is 0.271 e. The molecule has 0 saturated carbocycles. The number of phenols is 1. The molecule has 0 radical (unpaired) electrons. The fraction of sp³-hybridized carbons (Fsp3) is 0.111. The van der Waals surface area contributed by atoms with Gasteiger partial charge in [0.1, 0.15) is 0 Å². The number of halogens is 2. The van der Waals surface area contributed by atoms with Crippen LogP contribution in [0.25, 0.3) is 11.8 Å². The lowest BCUT2D eigenvalue weighted by molar-refractivity contribution is 0.317. The maximum Gasteiger partial charge on any atom is 0.271 e. The number of hydrogen-bond donors (Lipinski definition) is 1. The molecular formula is C27H20Br2N2O3S. The van der Waals surface area contributed by atoms with Gasteiger partial charge >= 0.3 is 0 Å². The van der Waals surface area contributed by atoms with Gasteiger partial charge in [-0.05, 0) is 76.0 Å². The summed E-state index contributed by atoms with van der Waals surface area (Å²) in [4.78, 5) is 19.1. The summed E-state index contributed by atoms with van der Waals surface area (Å²) in [7, 11) is 0. The second-order valence-electron chi connectivity index (χ2n) is 7.88. The first-order valence-electron chi connectivity index (χ1n) is 10.9. The second kappa shape index (κ2) is 9.97. The van der Waals surface area contributed by atoms with E-state index < -0.39 is 0 Å². The third-order valence-corrected chi connectivity index (χ3v) is 7.69. The summed E-state index contributed by atoms with van der Waals surface area (Å²) in [6.45, 7) is 2.27. The van der Waals surface area contributed by atoms with E-state index in [2.05, 4.69) is 31.9 Å². The van der Waals surface area contributed by atoms with Crippen molar-refractivity contribution in [2.24, 2.45) is 4.99 Å². The topological polar surface area (TPSA) is 63.8 Å². The minimum absolute atomic E-state index is 0.0354. The molecule has 8 heteroatoms. The number of phenolic OH excluding ortho intramolecular Hbond substituents is 1. The molecule has 35 heavy (non-hydrogen) atoms. The highest BCUT2D eigenvalue weighted by atomic mass is 79.9. The van der Waals surface area contributed by atoms with Gasteiger partial charge in [-0.2, -0.15) is 0 Å². The van der Waals surface area contributed by atoms with Crippen LogP contribution < -0.4 is 19.6 Å². The Kier molecular flexibility index (Phi) is 6.77. The van der Waals surface area contributed by atoms with Crippen LogP contribution in [-0.2, 0) is 0 Å². The quantitative estimate of drug-likeness (QED) is 0.318. The SMILES string of the molecule is CCOc1cc(C=c2sc3n(c2=O)C(c2ccc(Br)cc2)C=C(c2ccccc2)N=3)cc(Br)c1O. The zero-order valence-electron chi connectivity index (χ0n) is 18.6. The molecule has 2 heterocycles. The van der Waals surface area contributed by atoms with Crippen LogP contribution in [0, 0.1) is 0 Å². The van der Waals surface area contributed by atoms with Crippen molar-refractivity contribution in [2.45, 2.75) is 13.0 Å². The Hall–Kier alpha value is -2.94. The largest absolute Gasteiger partial charge is 0.503 e. The van der Waals surface area contributed by atoms with E-state index in [1.165, 1.54) is 11.3 Å². The number of ether oxygens (including phenoxy) is 1. The van der Waals surface area contributed by atoms with E-state index >= 15 is 0 Å². The summed E-state index contributed by atoms with van der Waals surface area (Å²) in [5, 5.41) is 10.2. The number of hydrogen-bond acceptors (Lipinski definition) is 5. The summed E-state index contributed by atoms with van der Waals surface area (Å²) in [5.41, 5.74) is 3.45. The number of rotatable bonds is 5. The van der Waals surface area contributed by atoms with Crippen molar-refractivity contribution in [2.75, 3.05) is 6.61 Å². The molecule has 1 aliphatic heterocycles. The molecule has 1 N–H and O–H groups in total. The van der Waals surface area contributed by atoms with E-state index in [-0.39, 0.29) is 17.4 Å². The molecular weight excluding hydrogens is 592 g/mol. The van der Waals surface area contributed by atoms with Crippen molar-refractivity contribution >= 4 is 55.0 Å². The molecule has 0 saturated heterocycles. The molecule has 3 aromatic carbocycles. The average molecular weight is 612 g/mol. The first-order chi connectivity index (χ1) is 16.9. The van der Waals surface area contributed by atoms with Crippen LogP contribution in [0.1, 0.15) is 29.7 Å². The Bertz CT molecular complexity index is 1610. The third kappa shape index (κ3) is 4.78. The minimum atomic E-state index is -0.290. The summed E-state index contributed by atoms with van der Waals surface area (Å²) in [6.07, 6.45) is 3.84. The molecule has 176 valence electrons. The molecule has 1 aliphatic rings. The Morgan fingerprint density at radius 1 is 1.11 bits per heavy atom. The van der Waals surface area contributed by atoms with E-state index in [4.69, 9.17) is 9.73 Å². The van der Waals surface area contributed by atoms with Crippen molar-refractivity contribution in [3.63, 3.8) is 0 Å². The highest BCUT2D eigenvalue weighted by Gasteiger charge is 2.22. The van der Waals surface area contributed by atoms with E-state index in [1.807, 2.05) is 67.6 Å². The van der Waals surface area contributed by atoms with Crippen molar-refractivity contribution in [1.29, 1.82) is 0 Å². The predicted octanol–water partition coefficient (Wildman–Crippen LogP) is 5.63. The number of aromatic hydroxyl groups is 1. The van der Waals surface area contributed by atoms with Crippen LogP contribution in [0.2, 0.25) is 0 Å². The molecule has 5 nitrogen and oxygen atoms in total. The summed E-state index contributed by atoms with van der Waals surface area (Å²) < 4.78 is 9.31. The van der Waals surface area contributed by atoms with E-state index in [0.717, 1.165) is 26.9 Å². The molecule has 0 fully saturated rings. The zero-order valence-corrected chi connectivity index (χ0v) is 22.6. The van der Waals surface area contributed by atoms with Gasteiger partial charge in [-0.3, -0.25) is 9.36 Å². The lowest BCUT2D eigenvalue weighted by Crippen LogP contribution is -2.36. The lowest BCUT2D eigenvalue weighted by atomic mass is 10.0. The van der Waals surface area contributed by atoms with Gasteiger partial charge in [-0.1, -0.05) is 69.7 Å². The monoisotopic (exact) mass is 610 g/mol. The zero-order chi connectivity index (χ0) is 24.5. The highest BCUT2D eigenvalue weighted by molar-refractivity contribution is 9.10. The molecule has 0 aliphatic carbocycles. The van der Waals surface area contributed by atoms with E-state index in [1.54, 1.807) is 22.8 Å². The number of nitrogens with zero attached hydrogens (tertiary/aromatic N) is 2. The highest BCUT2D eigenvalue weighted by Crippen LogP contribution is 2.35. The normalized spacial score (nSPS) is 15.3. The lowest BCUT2D eigenvalue weighted by Gasteiger charge is -2.19. The van der Waals surface area contributed by atoms with Crippen LogP contribution in [-0.4, -0.2) is 16.3 Å². The van der Waals surface area contributed by atoms with Gasteiger partial charge in [0.15, 0.2) is 16.3 Å². The first kappa shape index (κ1) is 23.8. The Morgan fingerprint density at radius 3 is 2.57 bits per heavy atom. The fourth-order valence-corrected chi connectivity index (χ4v) is 5.68. The molecule has 1 unspecified atom stereocenters. The van der Waals surface area contributed by atoms with Crippen LogP contribution in [0.3, 0.4) is 0 Å². The number of thiazole rings is 1. The minimum Gasteiger partial charge on any atom is -0.503 e. The summed E-state index contributed by atoms with van der Waals surface area (Å²) in [5.74, 6) is 0.396. The summed E-state index contributed by atoms with van der Waals surface area (Å²) >= 11 is 8.22. The van der Waals surface area contributed by atoms with E-state index in [0.29, 0.717) is 26.2 Å². The maximum atomic E-state index is 13.6. The molecule has 1 atom stereocenters. The summed E-state index contributed by atoms with van der Waals surface area (Å²) in [6, 6.07) is 21.2. The molecule has 0 amide bonds. The number of aromatic nitrogens is 1. The van der Waals surface area contributed by atoms with E-state index in [9.17, 15) is 9.90 Å². The number of benzene rings is 3. The number of allylic oxidation sites excluding steroid dienone is 1. The molecule has 4 aromatic rings. The Balaban J connectivity index is 1.70. The fourth-order valence-electron chi connectivity index (χ4n) is 3.94. The average Bonchev–Trinajstić information content (AvgIpc) is 3.18. The van der Waals surface area contributed by atoms with Crippen molar-refractivity contribution < 1.29 is 9.84 Å². The van der Waals surface area contributed by atoms with Gasteiger partial charge in [0.05, 0.1) is 27.4 Å². The van der Waals surface area contributed by atoms with Gasteiger partial charge < -0.3 is 9.84 Å². The molecule has 5 rings (SSSR count). The first-order valence-corrected chi connectivity index (χ1v) is 13.3. The molecule has 1 aromatic heterocycles. The predicted molar refractivity (Wildman–Crippen MR) is 147 cm³/mol. The van der Waals surface area contributed by atoms with Gasteiger partial charge in [0, 0.05) is 4.47 Å². The van der Waals surface area contributed by atoms with Gasteiger partial charge in [-0.25, -0.2) is 4.99 Å². The Labute approximate surface area is 222 Å².